The summed E-state index contributed by atoms with van der Waals surface area (Å²) in [6.07, 6.45) is 0. The first kappa shape index (κ1) is 13.6. The van der Waals surface area contributed by atoms with E-state index in [1.165, 1.54) is 0 Å². The Morgan fingerprint density at radius 2 is 1.95 bits per heavy atom. The van der Waals surface area contributed by atoms with Crippen LogP contribution in [0.1, 0.15) is 18.3 Å². The Morgan fingerprint density at radius 3 is 2.68 bits per heavy atom. The third kappa shape index (κ3) is 3.83. The number of halogens is 1. The third-order valence-electron chi connectivity index (χ3n) is 2.46. The van der Waals surface area contributed by atoms with E-state index in [1.807, 2.05) is 38.1 Å². The fourth-order valence-electron chi connectivity index (χ4n) is 1.59. The molecule has 0 fully saturated rings. The molecule has 1 aromatic carbocycles. The average Bonchev–Trinajstić information content (AvgIpc) is 2.37. The van der Waals surface area contributed by atoms with Gasteiger partial charge in [-0.1, -0.05) is 29.8 Å². The Balaban J connectivity index is 2.09. The Labute approximate surface area is 117 Å². The Kier molecular flexibility index (Phi) is 4.58. The van der Waals surface area contributed by atoms with E-state index >= 15 is 0 Å². The molecule has 2 rings (SSSR count). The Hall–Kier alpha value is -1.81. The Bertz CT molecular complexity index is 561. The quantitative estimate of drug-likeness (QED) is 0.786. The molecule has 2 aromatic rings. The summed E-state index contributed by atoms with van der Waals surface area (Å²) in [4.78, 5) is 8.34. The first-order chi connectivity index (χ1) is 9.19. The van der Waals surface area contributed by atoms with E-state index < -0.39 is 0 Å². The lowest BCUT2D eigenvalue weighted by atomic mass is 10.2. The molecule has 0 radical (unpaired) electrons. The average molecular weight is 279 g/mol. The van der Waals surface area contributed by atoms with Gasteiger partial charge in [-0.05, 0) is 25.5 Å². The van der Waals surface area contributed by atoms with E-state index in [0.717, 1.165) is 11.3 Å². The van der Waals surface area contributed by atoms with Crippen LogP contribution in [0.3, 0.4) is 0 Å². The zero-order valence-corrected chi connectivity index (χ0v) is 11.6. The first-order valence-electron chi connectivity index (χ1n) is 6.03. The van der Waals surface area contributed by atoms with Crippen LogP contribution in [0, 0.1) is 6.92 Å². The lowest BCUT2D eigenvalue weighted by Crippen LogP contribution is -2.05. The number of rotatable bonds is 5. The summed E-state index contributed by atoms with van der Waals surface area (Å²) < 4.78 is 11.0. The molecule has 0 spiro atoms. The molecule has 0 atom stereocenters. The van der Waals surface area contributed by atoms with Gasteiger partial charge in [0.15, 0.2) is 5.82 Å². The molecule has 0 aliphatic rings. The van der Waals surface area contributed by atoms with Crippen molar-refractivity contribution in [1.29, 1.82) is 0 Å². The van der Waals surface area contributed by atoms with Gasteiger partial charge in [-0.2, -0.15) is 4.98 Å². The van der Waals surface area contributed by atoms with Crippen LogP contribution in [0.25, 0.3) is 0 Å². The summed E-state index contributed by atoms with van der Waals surface area (Å²) in [5.74, 6) is 1.77. The van der Waals surface area contributed by atoms with Crippen molar-refractivity contribution < 1.29 is 9.47 Å². The molecule has 5 heteroatoms. The van der Waals surface area contributed by atoms with Crippen molar-refractivity contribution in [1.82, 2.24) is 9.97 Å². The van der Waals surface area contributed by atoms with E-state index in [9.17, 15) is 0 Å². The maximum Gasteiger partial charge on any atom is 0.218 e. The molecule has 0 saturated heterocycles. The maximum atomic E-state index is 5.91. The molecule has 100 valence electrons. The van der Waals surface area contributed by atoms with Crippen molar-refractivity contribution in [3.63, 3.8) is 0 Å². The zero-order chi connectivity index (χ0) is 13.7. The lowest BCUT2D eigenvalue weighted by molar-refractivity contribution is 0.285. The van der Waals surface area contributed by atoms with Gasteiger partial charge >= 0.3 is 0 Å². The van der Waals surface area contributed by atoms with Crippen molar-refractivity contribution in [2.24, 2.45) is 0 Å². The first-order valence-corrected chi connectivity index (χ1v) is 6.41. The minimum Gasteiger partial charge on any atom is -0.485 e. The molecule has 0 unspecified atom stereocenters. The van der Waals surface area contributed by atoms with Crippen LogP contribution >= 0.6 is 11.6 Å². The summed E-state index contributed by atoms with van der Waals surface area (Å²) in [6.45, 7) is 4.66. The summed E-state index contributed by atoms with van der Waals surface area (Å²) >= 11 is 5.91. The molecule has 0 saturated carbocycles. The molecule has 0 aliphatic heterocycles. The van der Waals surface area contributed by atoms with Crippen LogP contribution in [0.15, 0.2) is 30.3 Å². The number of para-hydroxylation sites is 1. The highest BCUT2D eigenvalue weighted by Gasteiger charge is 2.06. The van der Waals surface area contributed by atoms with Gasteiger partial charge in [-0.3, -0.25) is 0 Å². The largest absolute Gasteiger partial charge is 0.485 e. The number of ether oxygens (including phenoxy) is 2. The number of aromatic nitrogens is 2. The van der Waals surface area contributed by atoms with Crippen LogP contribution in [-0.4, -0.2) is 16.6 Å². The molecule has 0 amide bonds. The van der Waals surface area contributed by atoms with Crippen molar-refractivity contribution in [2.45, 2.75) is 20.5 Å². The number of nitrogens with zero attached hydrogens (tertiary/aromatic N) is 2. The molecule has 1 heterocycles. The van der Waals surface area contributed by atoms with Gasteiger partial charge in [0.25, 0.3) is 0 Å². The van der Waals surface area contributed by atoms with Gasteiger partial charge in [-0.15, -0.1) is 0 Å². The van der Waals surface area contributed by atoms with Crippen LogP contribution < -0.4 is 9.47 Å². The van der Waals surface area contributed by atoms with E-state index in [2.05, 4.69) is 9.97 Å². The molecular weight excluding hydrogens is 264 g/mol. The van der Waals surface area contributed by atoms with Crippen molar-refractivity contribution in [2.75, 3.05) is 6.61 Å². The monoisotopic (exact) mass is 278 g/mol. The van der Waals surface area contributed by atoms with Crippen LogP contribution in [-0.2, 0) is 6.61 Å². The number of aryl methyl sites for hydroxylation is 1. The maximum absolute atomic E-state index is 5.91. The zero-order valence-electron chi connectivity index (χ0n) is 10.9. The second-order valence-corrected chi connectivity index (χ2v) is 4.32. The topological polar surface area (TPSA) is 44.2 Å². The molecule has 0 aliphatic carbocycles. The van der Waals surface area contributed by atoms with Gasteiger partial charge in [0, 0.05) is 6.07 Å². The highest BCUT2D eigenvalue weighted by Crippen LogP contribution is 2.19. The fourth-order valence-corrected chi connectivity index (χ4v) is 1.78. The second kappa shape index (κ2) is 6.38. The minimum atomic E-state index is 0.255. The second-order valence-electron chi connectivity index (χ2n) is 3.93. The predicted molar refractivity (Wildman–Crippen MR) is 73.7 cm³/mol. The number of hydrogen-bond donors (Lipinski definition) is 0. The van der Waals surface area contributed by atoms with Crippen LogP contribution in [0.5, 0.6) is 11.6 Å². The molecule has 1 aromatic heterocycles. The summed E-state index contributed by atoms with van der Waals surface area (Å²) in [5.41, 5.74) is 1.06. The SMILES string of the molecule is CCOc1cc(Cl)nc(COc2ccccc2C)n1. The van der Waals surface area contributed by atoms with Crippen LogP contribution in [0.4, 0.5) is 0 Å². The van der Waals surface area contributed by atoms with Crippen molar-refractivity contribution in [3.05, 3.63) is 46.9 Å². The van der Waals surface area contributed by atoms with Crippen molar-refractivity contribution in [3.8, 4) is 11.6 Å². The third-order valence-corrected chi connectivity index (χ3v) is 2.65. The molecule has 0 bridgehead atoms. The molecule has 19 heavy (non-hydrogen) atoms. The van der Waals surface area contributed by atoms with Gasteiger partial charge in [0.05, 0.1) is 6.61 Å². The lowest BCUT2D eigenvalue weighted by Gasteiger charge is -2.09. The van der Waals surface area contributed by atoms with Gasteiger partial charge in [-0.25, -0.2) is 4.98 Å². The predicted octanol–water partition coefficient (Wildman–Crippen LogP) is 3.42. The minimum absolute atomic E-state index is 0.255. The molecule has 0 N–H and O–H groups in total. The highest BCUT2D eigenvalue weighted by molar-refractivity contribution is 6.29. The number of benzene rings is 1. The summed E-state index contributed by atoms with van der Waals surface area (Å²) in [6, 6.07) is 9.36. The van der Waals surface area contributed by atoms with Crippen LogP contribution in [0.2, 0.25) is 5.15 Å². The normalized spacial score (nSPS) is 10.3. The van der Waals surface area contributed by atoms with E-state index in [1.54, 1.807) is 6.07 Å². The number of hydrogen-bond acceptors (Lipinski definition) is 4. The van der Waals surface area contributed by atoms with Gasteiger partial charge in [0.2, 0.25) is 5.88 Å². The molecule has 4 nitrogen and oxygen atoms in total. The standard InChI is InChI=1S/C14H15ClN2O2/c1-3-18-14-8-12(15)16-13(17-14)9-19-11-7-5-4-6-10(11)2/h4-8H,3,9H2,1-2H3. The summed E-state index contributed by atoms with van der Waals surface area (Å²) in [7, 11) is 0. The van der Waals surface area contributed by atoms with Gasteiger partial charge in [0.1, 0.15) is 17.5 Å². The molecular formula is C14H15ClN2O2. The van der Waals surface area contributed by atoms with E-state index in [4.69, 9.17) is 21.1 Å². The van der Waals surface area contributed by atoms with E-state index in [-0.39, 0.29) is 6.61 Å². The summed E-state index contributed by atoms with van der Waals surface area (Å²) in [5, 5.41) is 0.349. The Morgan fingerprint density at radius 1 is 1.16 bits per heavy atom. The smallest absolute Gasteiger partial charge is 0.218 e. The van der Waals surface area contributed by atoms with Crippen molar-refractivity contribution >= 4 is 11.6 Å². The fraction of sp³-hybridized carbons (Fsp3) is 0.286. The van der Waals surface area contributed by atoms with E-state index in [0.29, 0.717) is 23.5 Å². The van der Waals surface area contributed by atoms with Gasteiger partial charge < -0.3 is 9.47 Å². The highest BCUT2D eigenvalue weighted by atomic mass is 35.5.